The Morgan fingerprint density at radius 2 is 1.94 bits per heavy atom. The van der Waals surface area contributed by atoms with Crippen LogP contribution in [0.1, 0.15) is 47.4 Å². The van der Waals surface area contributed by atoms with Crippen LogP contribution >= 0.6 is 0 Å². The summed E-state index contributed by atoms with van der Waals surface area (Å²) in [5.74, 6) is -1.74. The topological polar surface area (TPSA) is 146 Å². The molecule has 2 amide bonds. The number of aromatic nitrogens is 1. The summed E-state index contributed by atoms with van der Waals surface area (Å²) in [6.07, 6.45) is 0.589. The van der Waals surface area contributed by atoms with Crippen molar-refractivity contribution >= 4 is 35.1 Å². The number of nitrogens with zero attached hydrogens (tertiary/aromatic N) is 1. The largest absolute Gasteiger partial charge is 0.465 e. The number of hydrogen-bond donors (Lipinski definition) is 5. The minimum Gasteiger partial charge on any atom is -0.465 e. The average molecular weight is 429 g/mol. The number of carbonyl (C=O) groups is 3. The molecule has 6 N–H and O–H groups in total. The van der Waals surface area contributed by atoms with Gasteiger partial charge in [0.1, 0.15) is 5.82 Å². The van der Waals surface area contributed by atoms with Crippen molar-refractivity contribution in [1.82, 2.24) is 10.3 Å². The van der Waals surface area contributed by atoms with Gasteiger partial charge >= 0.3 is 6.09 Å². The number of Topliss-reactive ketones (excluding diaryl/α,β-unsaturated/α-hetero) is 1. The fourth-order valence-corrected chi connectivity index (χ4v) is 3.37. The van der Waals surface area contributed by atoms with Crippen LogP contribution in [0.3, 0.4) is 0 Å². The Morgan fingerprint density at radius 3 is 2.52 bits per heavy atom. The van der Waals surface area contributed by atoms with Gasteiger partial charge in [-0.1, -0.05) is 12.1 Å². The smallest absolute Gasteiger partial charge is 0.404 e. The lowest BCUT2D eigenvalue weighted by Crippen LogP contribution is -2.45. The molecule has 1 aromatic heterocycles. The lowest BCUT2D eigenvalue weighted by Gasteiger charge is -2.26. The number of primary amides is 1. The van der Waals surface area contributed by atoms with E-state index in [-0.39, 0.29) is 34.9 Å². The number of halogens is 1. The van der Waals surface area contributed by atoms with E-state index in [0.717, 1.165) is 18.9 Å². The van der Waals surface area contributed by atoms with E-state index in [1.165, 1.54) is 6.92 Å². The Morgan fingerprint density at radius 1 is 1.23 bits per heavy atom. The molecule has 0 unspecified atom stereocenters. The number of hydrogen-bond acceptors (Lipinski definition) is 6. The van der Waals surface area contributed by atoms with E-state index in [9.17, 15) is 18.8 Å². The van der Waals surface area contributed by atoms with Crippen LogP contribution in [0.5, 0.6) is 0 Å². The molecule has 2 aromatic rings. The number of nitrogens with one attached hydrogen (secondary N) is 3. The molecule has 1 heterocycles. The van der Waals surface area contributed by atoms with Crippen molar-refractivity contribution < 1.29 is 23.9 Å². The Kier molecular flexibility index (Phi) is 6.38. The van der Waals surface area contributed by atoms with Crippen LogP contribution in [-0.2, 0) is 0 Å². The first-order valence-electron chi connectivity index (χ1n) is 9.80. The van der Waals surface area contributed by atoms with Gasteiger partial charge in [-0.15, -0.1) is 0 Å². The zero-order valence-corrected chi connectivity index (χ0v) is 17.1. The van der Waals surface area contributed by atoms with Gasteiger partial charge in [0.25, 0.3) is 5.91 Å². The minimum atomic E-state index is -1.18. The number of nitrogens with two attached hydrogens (primary N) is 1. The van der Waals surface area contributed by atoms with Crippen molar-refractivity contribution in [1.29, 1.82) is 0 Å². The SMILES string of the molecule is CC(=O)c1cccc(Nc2nc(N[C@H](C3CC3)[C@H](C)NC(=O)O)c(F)cc2C(N)=O)c1. The van der Waals surface area contributed by atoms with Gasteiger partial charge in [-0.2, -0.15) is 0 Å². The molecule has 9 nitrogen and oxygen atoms in total. The third-order valence-electron chi connectivity index (χ3n) is 5.10. The quantitative estimate of drug-likeness (QED) is 0.385. The highest BCUT2D eigenvalue weighted by molar-refractivity contribution is 5.99. The zero-order chi connectivity index (χ0) is 22.7. The molecule has 31 heavy (non-hydrogen) atoms. The summed E-state index contributed by atoms with van der Waals surface area (Å²) >= 11 is 0. The van der Waals surface area contributed by atoms with Gasteiger partial charge in [0.05, 0.1) is 11.6 Å². The summed E-state index contributed by atoms with van der Waals surface area (Å²) in [5, 5.41) is 17.3. The number of pyridine rings is 1. The van der Waals surface area contributed by atoms with Gasteiger partial charge in [-0.05, 0) is 50.8 Å². The van der Waals surface area contributed by atoms with Crippen molar-refractivity contribution in [2.75, 3.05) is 10.6 Å². The molecule has 0 aliphatic heterocycles. The molecular formula is C21H24FN5O4. The summed E-state index contributed by atoms with van der Waals surface area (Å²) in [4.78, 5) is 38.7. The van der Waals surface area contributed by atoms with Crippen LogP contribution in [0, 0.1) is 11.7 Å². The van der Waals surface area contributed by atoms with E-state index in [4.69, 9.17) is 10.8 Å². The second kappa shape index (κ2) is 8.99. The highest BCUT2D eigenvalue weighted by Gasteiger charge is 2.36. The fraction of sp³-hybridized carbons (Fsp3) is 0.333. The van der Waals surface area contributed by atoms with Gasteiger partial charge in [0.15, 0.2) is 17.4 Å². The number of amides is 2. The van der Waals surface area contributed by atoms with Crippen LogP contribution in [0.4, 0.5) is 26.5 Å². The second-order valence-electron chi connectivity index (χ2n) is 7.59. The van der Waals surface area contributed by atoms with Crippen molar-refractivity contribution in [3.05, 3.63) is 47.3 Å². The summed E-state index contributed by atoms with van der Waals surface area (Å²) in [6.45, 7) is 3.11. The van der Waals surface area contributed by atoms with Crippen LogP contribution in [-0.4, -0.2) is 40.0 Å². The van der Waals surface area contributed by atoms with Crippen molar-refractivity contribution in [2.45, 2.75) is 38.8 Å². The number of carbonyl (C=O) groups excluding carboxylic acids is 2. The van der Waals surface area contributed by atoms with Crippen LogP contribution in [0.15, 0.2) is 30.3 Å². The van der Waals surface area contributed by atoms with Gasteiger partial charge in [0.2, 0.25) is 0 Å². The fourth-order valence-electron chi connectivity index (χ4n) is 3.37. The number of anilines is 3. The average Bonchev–Trinajstić information content (AvgIpc) is 3.52. The molecule has 2 atom stereocenters. The van der Waals surface area contributed by atoms with Gasteiger partial charge in [0, 0.05) is 17.3 Å². The van der Waals surface area contributed by atoms with E-state index in [1.54, 1.807) is 31.2 Å². The summed E-state index contributed by atoms with van der Waals surface area (Å²) in [6, 6.07) is 6.66. The lowest BCUT2D eigenvalue weighted by atomic mass is 10.0. The predicted molar refractivity (Wildman–Crippen MR) is 113 cm³/mol. The second-order valence-corrected chi connectivity index (χ2v) is 7.59. The number of carboxylic acid groups (broad SMARTS) is 1. The molecule has 10 heteroatoms. The molecule has 0 spiro atoms. The third-order valence-corrected chi connectivity index (χ3v) is 5.10. The molecule has 3 rings (SSSR count). The predicted octanol–water partition coefficient (Wildman–Crippen LogP) is 3.11. The summed E-state index contributed by atoms with van der Waals surface area (Å²) in [5.41, 5.74) is 6.16. The van der Waals surface area contributed by atoms with E-state index in [0.29, 0.717) is 11.3 Å². The molecule has 1 aliphatic rings. The standard InChI is InChI=1S/C21H24FN5O4/c1-10(24-21(30)31)17(12-6-7-12)26-20-16(22)9-15(18(23)29)19(27-20)25-14-5-3-4-13(8-14)11(2)28/h3-5,8-10,12,17,24H,6-7H2,1-2H3,(H2,23,29)(H,30,31)(H2,25,26,27)/t10-,17-/m0/s1. The van der Waals surface area contributed by atoms with Crippen LogP contribution in [0.25, 0.3) is 0 Å². The summed E-state index contributed by atoms with van der Waals surface area (Å²) in [7, 11) is 0. The maximum absolute atomic E-state index is 14.7. The highest BCUT2D eigenvalue weighted by Crippen LogP contribution is 2.36. The first-order valence-corrected chi connectivity index (χ1v) is 9.80. The maximum atomic E-state index is 14.7. The Hall–Kier alpha value is -3.69. The minimum absolute atomic E-state index is 0.0190. The monoisotopic (exact) mass is 429 g/mol. The number of ketones is 1. The molecule has 1 aliphatic carbocycles. The molecule has 0 bridgehead atoms. The van der Waals surface area contributed by atoms with E-state index in [2.05, 4.69) is 20.9 Å². The molecule has 1 saturated carbocycles. The Balaban J connectivity index is 1.93. The van der Waals surface area contributed by atoms with Crippen molar-refractivity contribution in [3.63, 3.8) is 0 Å². The van der Waals surface area contributed by atoms with Gasteiger partial charge < -0.3 is 26.8 Å². The van der Waals surface area contributed by atoms with Crippen LogP contribution < -0.4 is 21.7 Å². The molecule has 164 valence electrons. The maximum Gasteiger partial charge on any atom is 0.404 e. The first-order chi connectivity index (χ1) is 14.7. The molecule has 1 aromatic carbocycles. The van der Waals surface area contributed by atoms with Gasteiger partial charge in [-0.3, -0.25) is 9.59 Å². The van der Waals surface area contributed by atoms with E-state index in [1.807, 2.05) is 0 Å². The number of rotatable bonds is 9. The highest BCUT2D eigenvalue weighted by atomic mass is 19.1. The molecule has 0 radical (unpaired) electrons. The zero-order valence-electron chi connectivity index (χ0n) is 17.1. The van der Waals surface area contributed by atoms with Crippen molar-refractivity contribution in [3.8, 4) is 0 Å². The molecule has 1 fully saturated rings. The number of benzene rings is 1. The van der Waals surface area contributed by atoms with Crippen molar-refractivity contribution in [2.24, 2.45) is 11.7 Å². The Bertz CT molecular complexity index is 1020. The van der Waals surface area contributed by atoms with Gasteiger partial charge in [-0.25, -0.2) is 14.2 Å². The van der Waals surface area contributed by atoms with E-state index >= 15 is 0 Å². The normalized spacial score (nSPS) is 14.9. The van der Waals surface area contributed by atoms with Crippen LogP contribution in [0.2, 0.25) is 0 Å². The third kappa shape index (κ3) is 5.47. The first kappa shape index (κ1) is 22.0. The van der Waals surface area contributed by atoms with E-state index < -0.39 is 23.9 Å². The molecular weight excluding hydrogens is 405 g/mol. The Labute approximate surface area is 178 Å². The summed E-state index contributed by atoms with van der Waals surface area (Å²) < 4.78 is 14.7. The lowest BCUT2D eigenvalue weighted by molar-refractivity contribution is 0.0996. The molecule has 0 saturated heterocycles.